The van der Waals surface area contributed by atoms with Crippen LogP contribution in [0, 0.1) is 0 Å². The van der Waals surface area contributed by atoms with Gasteiger partial charge in [-0.2, -0.15) is 0 Å². The summed E-state index contributed by atoms with van der Waals surface area (Å²) in [5, 5.41) is 7.58. The topological polar surface area (TPSA) is 50.4 Å². The van der Waals surface area contributed by atoms with Crippen molar-refractivity contribution in [3.05, 3.63) is 45.8 Å². The Hall–Kier alpha value is -2.01. The van der Waals surface area contributed by atoms with Crippen molar-refractivity contribution in [2.75, 3.05) is 12.4 Å². The third kappa shape index (κ3) is 2.16. The zero-order valence-corrected chi connectivity index (χ0v) is 13.3. The summed E-state index contributed by atoms with van der Waals surface area (Å²) < 4.78 is 5.27. The molecular formula is C17H18N2O2S. The van der Waals surface area contributed by atoms with E-state index in [0.717, 1.165) is 34.7 Å². The Kier molecular flexibility index (Phi) is 3.30. The van der Waals surface area contributed by atoms with Crippen LogP contribution in [0.1, 0.15) is 45.4 Å². The minimum atomic E-state index is -0.199. The summed E-state index contributed by atoms with van der Waals surface area (Å²) in [6.07, 6.45) is 4.34. The molecule has 1 aliphatic carbocycles. The van der Waals surface area contributed by atoms with Crippen molar-refractivity contribution in [3.63, 3.8) is 0 Å². The van der Waals surface area contributed by atoms with Crippen molar-refractivity contribution in [1.29, 1.82) is 0 Å². The number of thiophene rings is 1. The summed E-state index contributed by atoms with van der Waals surface area (Å²) in [6.45, 7) is 0. The van der Waals surface area contributed by atoms with Gasteiger partial charge in [0.25, 0.3) is 5.91 Å². The highest BCUT2D eigenvalue weighted by molar-refractivity contribution is 7.16. The Balaban J connectivity index is 1.69. The van der Waals surface area contributed by atoms with Gasteiger partial charge in [-0.3, -0.25) is 4.79 Å². The Morgan fingerprint density at radius 1 is 1.23 bits per heavy atom. The highest BCUT2D eigenvalue weighted by atomic mass is 32.1. The first-order valence-corrected chi connectivity index (χ1v) is 8.44. The number of aryl methyl sites for hydroxylation is 1. The molecule has 114 valence electrons. The van der Waals surface area contributed by atoms with Gasteiger partial charge in [-0.05, 0) is 48.9 Å². The third-order valence-corrected chi connectivity index (χ3v) is 5.60. The molecule has 2 aliphatic rings. The lowest BCUT2D eigenvalue weighted by Crippen LogP contribution is -2.38. The van der Waals surface area contributed by atoms with Gasteiger partial charge in [0, 0.05) is 4.88 Å². The summed E-state index contributed by atoms with van der Waals surface area (Å²) in [6, 6.07) is 7.80. The minimum absolute atomic E-state index is 0.0426. The predicted molar refractivity (Wildman–Crippen MR) is 87.8 cm³/mol. The normalized spacial score (nSPS) is 19.7. The van der Waals surface area contributed by atoms with E-state index in [0.29, 0.717) is 0 Å². The zero-order valence-electron chi connectivity index (χ0n) is 12.4. The van der Waals surface area contributed by atoms with Gasteiger partial charge in [0.1, 0.15) is 16.9 Å². The van der Waals surface area contributed by atoms with Crippen LogP contribution in [0.5, 0.6) is 5.75 Å². The molecule has 1 atom stereocenters. The second-order valence-electron chi connectivity index (χ2n) is 5.74. The van der Waals surface area contributed by atoms with Crippen molar-refractivity contribution < 1.29 is 9.53 Å². The average molecular weight is 314 g/mol. The van der Waals surface area contributed by atoms with E-state index in [9.17, 15) is 4.79 Å². The van der Waals surface area contributed by atoms with Crippen LogP contribution in [0.3, 0.4) is 0 Å². The number of benzene rings is 1. The number of carbonyl (C=O) groups excluding carboxylic acids is 1. The lowest BCUT2D eigenvalue weighted by molar-refractivity contribution is 0.0935. The maximum Gasteiger partial charge on any atom is 0.256 e. The van der Waals surface area contributed by atoms with Gasteiger partial charge in [0.2, 0.25) is 0 Å². The lowest BCUT2D eigenvalue weighted by Gasteiger charge is -2.27. The standard InChI is InChI=1S/C17H18N2O2S/c1-21-11-6-4-5-10(9-11)15-18-16(20)14-12-7-2-3-8-13(12)22-17(14)19-15/h4-6,9,15,19H,2-3,7-8H2,1H3,(H,18,20)/t15-/m1/s1. The maximum absolute atomic E-state index is 12.6. The molecule has 1 aromatic heterocycles. The summed E-state index contributed by atoms with van der Waals surface area (Å²) in [4.78, 5) is 14.0. The van der Waals surface area contributed by atoms with Crippen molar-refractivity contribution in [2.45, 2.75) is 31.8 Å². The lowest BCUT2D eigenvalue weighted by atomic mass is 9.94. The molecule has 5 heteroatoms. The number of fused-ring (bicyclic) bond motifs is 3. The Bertz CT molecular complexity index is 738. The molecule has 2 N–H and O–H groups in total. The highest BCUT2D eigenvalue weighted by Gasteiger charge is 2.31. The molecule has 2 aromatic rings. The molecule has 0 saturated heterocycles. The number of carbonyl (C=O) groups is 1. The molecule has 0 spiro atoms. The van der Waals surface area contributed by atoms with E-state index in [2.05, 4.69) is 10.6 Å². The van der Waals surface area contributed by atoms with Gasteiger partial charge in [-0.25, -0.2) is 0 Å². The molecule has 1 amide bonds. The van der Waals surface area contributed by atoms with Crippen molar-refractivity contribution in [2.24, 2.45) is 0 Å². The third-order valence-electron chi connectivity index (χ3n) is 4.38. The fraction of sp³-hybridized carbons (Fsp3) is 0.353. The van der Waals surface area contributed by atoms with Gasteiger partial charge in [-0.15, -0.1) is 11.3 Å². The fourth-order valence-corrected chi connectivity index (χ4v) is 4.58. The number of methoxy groups -OCH3 is 1. The molecule has 0 radical (unpaired) electrons. The van der Waals surface area contributed by atoms with Gasteiger partial charge in [0.15, 0.2) is 0 Å². The fourth-order valence-electron chi connectivity index (χ4n) is 3.27. The SMILES string of the molecule is COc1cccc([C@@H]2NC(=O)c3c(sc4c3CCCC4)N2)c1. The minimum Gasteiger partial charge on any atom is -0.497 e. The summed E-state index contributed by atoms with van der Waals surface area (Å²) in [5.41, 5.74) is 3.14. The zero-order chi connectivity index (χ0) is 15.1. The molecule has 0 unspecified atom stereocenters. The average Bonchev–Trinajstić information content (AvgIpc) is 2.93. The highest BCUT2D eigenvalue weighted by Crippen LogP contribution is 2.41. The van der Waals surface area contributed by atoms with Crippen LogP contribution in [-0.4, -0.2) is 13.0 Å². The van der Waals surface area contributed by atoms with E-state index in [-0.39, 0.29) is 12.1 Å². The number of anilines is 1. The van der Waals surface area contributed by atoms with Crippen molar-refractivity contribution in [1.82, 2.24) is 5.32 Å². The van der Waals surface area contributed by atoms with E-state index in [1.165, 1.54) is 23.3 Å². The van der Waals surface area contributed by atoms with E-state index in [4.69, 9.17) is 4.74 Å². The molecule has 1 aromatic carbocycles. The first-order valence-electron chi connectivity index (χ1n) is 7.62. The summed E-state index contributed by atoms with van der Waals surface area (Å²) >= 11 is 1.75. The van der Waals surface area contributed by atoms with Gasteiger partial charge in [-0.1, -0.05) is 12.1 Å². The van der Waals surface area contributed by atoms with Crippen molar-refractivity contribution >= 4 is 22.2 Å². The van der Waals surface area contributed by atoms with Gasteiger partial charge >= 0.3 is 0 Å². The Morgan fingerprint density at radius 3 is 2.95 bits per heavy atom. The largest absolute Gasteiger partial charge is 0.497 e. The first kappa shape index (κ1) is 13.6. The van der Waals surface area contributed by atoms with E-state index in [1.807, 2.05) is 24.3 Å². The smallest absolute Gasteiger partial charge is 0.256 e. The molecule has 4 rings (SSSR count). The molecule has 2 heterocycles. The maximum atomic E-state index is 12.6. The second-order valence-corrected chi connectivity index (χ2v) is 6.85. The van der Waals surface area contributed by atoms with Crippen LogP contribution in [0.25, 0.3) is 0 Å². The molecule has 1 aliphatic heterocycles. The number of amides is 1. The van der Waals surface area contributed by atoms with E-state index < -0.39 is 0 Å². The van der Waals surface area contributed by atoms with Crippen LogP contribution in [0.2, 0.25) is 0 Å². The number of nitrogens with one attached hydrogen (secondary N) is 2. The first-order chi connectivity index (χ1) is 10.8. The van der Waals surface area contributed by atoms with E-state index in [1.54, 1.807) is 18.4 Å². The number of hydrogen-bond donors (Lipinski definition) is 2. The van der Waals surface area contributed by atoms with Gasteiger partial charge < -0.3 is 15.4 Å². The molecule has 0 bridgehead atoms. The number of rotatable bonds is 2. The second kappa shape index (κ2) is 5.32. The van der Waals surface area contributed by atoms with Crippen molar-refractivity contribution in [3.8, 4) is 5.75 Å². The molecule has 4 nitrogen and oxygen atoms in total. The molecule has 22 heavy (non-hydrogen) atoms. The number of ether oxygens (including phenoxy) is 1. The van der Waals surface area contributed by atoms with E-state index >= 15 is 0 Å². The summed E-state index contributed by atoms with van der Waals surface area (Å²) in [5.74, 6) is 0.839. The van der Waals surface area contributed by atoms with Gasteiger partial charge in [0.05, 0.1) is 12.7 Å². The Morgan fingerprint density at radius 2 is 2.09 bits per heavy atom. The van der Waals surface area contributed by atoms with Crippen LogP contribution < -0.4 is 15.4 Å². The Labute approximate surface area is 133 Å². The quantitative estimate of drug-likeness (QED) is 0.892. The monoisotopic (exact) mass is 314 g/mol. The van der Waals surface area contributed by atoms with Crippen LogP contribution in [-0.2, 0) is 12.8 Å². The number of hydrogen-bond acceptors (Lipinski definition) is 4. The predicted octanol–water partition coefficient (Wildman–Crippen LogP) is 3.49. The summed E-state index contributed by atoms with van der Waals surface area (Å²) in [7, 11) is 1.65. The molecular weight excluding hydrogens is 296 g/mol. The molecule has 0 saturated carbocycles. The van der Waals surface area contributed by atoms with Crippen LogP contribution in [0.15, 0.2) is 24.3 Å². The van der Waals surface area contributed by atoms with Crippen LogP contribution >= 0.6 is 11.3 Å². The molecule has 0 fully saturated rings. The van der Waals surface area contributed by atoms with Crippen LogP contribution in [0.4, 0.5) is 5.00 Å².